The van der Waals surface area contributed by atoms with Crippen molar-refractivity contribution in [2.24, 2.45) is 5.73 Å². The van der Waals surface area contributed by atoms with E-state index in [-0.39, 0.29) is 0 Å². The highest BCUT2D eigenvalue weighted by Crippen LogP contribution is 2.31. The van der Waals surface area contributed by atoms with Gasteiger partial charge in [-0.05, 0) is 30.5 Å². The molecule has 1 aromatic heterocycles. The minimum Gasteiger partial charge on any atom is -0.405 e. The number of anilines is 1. The van der Waals surface area contributed by atoms with Gasteiger partial charge >= 0.3 is 0 Å². The fourth-order valence-corrected chi connectivity index (χ4v) is 1.99. The van der Waals surface area contributed by atoms with Crippen molar-refractivity contribution in [2.75, 3.05) is 5.73 Å². The Morgan fingerprint density at radius 3 is 2.75 bits per heavy atom. The van der Waals surface area contributed by atoms with Gasteiger partial charge in [-0.2, -0.15) is 0 Å². The van der Waals surface area contributed by atoms with Crippen LogP contribution in [0.25, 0.3) is 23.1 Å². The lowest BCUT2D eigenvalue weighted by atomic mass is 10.1. The molecular formula is C12H12ClN3. The van der Waals surface area contributed by atoms with Gasteiger partial charge in [0.2, 0.25) is 0 Å². The Labute approximate surface area is 98.4 Å². The second-order valence-corrected chi connectivity index (χ2v) is 3.87. The molecule has 5 N–H and O–H groups in total. The number of nitrogens with two attached hydrogens (primary N) is 2. The molecule has 0 amide bonds. The summed E-state index contributed by atoms with van der Waals surface area (Å²) in [5.74, 6) is 0. The maximum Gasteiger partial charge on any atom is 0.0699 e. The normalized spacial score (nSPS) is 11.3. The highest BCUT2D eigenvalue weighted by atomic mass is 35.5. The summed E-state index contributed by atoms with van der Waals surface area (Å²) in [5, 5.41) is 1.55. The van der Waals surface area contributed by atoms with E-state index >= 15 is 0 Å². The van der Waals surface area contributed by atoms with E-state index in [1.165, 1.54) is 6.20 Å². The summed E-state index contributed by atoms with van der Waals surface area (Å²) in [6, 6.07) is 3.56. The Balaban J connectivity index is 2.89. The molecule has 4 heteroatoms. The number of fused-ring (bicyclic) bond motifs is 1. The number of benzene rings is 1. The van der Waals surface area contributed by atoms with Crippen LogP contribution in [0.15, 0.2) is 24.9 Å². The van der Waals surface area contributed by atoms with E-state index < -0.39 is 0 Å². The minimum absolute atomic E-state index is 0.603. The standard InChI is InChI=1S/C12H12ClN3/c1-2-11-8(3-4-14)9-5-7(13)6-10(15)12(9)16-11/h2-6,16H,1,14-15H2/b4-3-. The number of rotatable bonds is 2. The van der Waals surface area contributed by atoms with Crippen LogP contribution in [-0.2, 0) is 0 Å². The molecule has 1 heterocycles. The van der Waals surface area contributed by atoms with E-state index in [4.69, 9.17) is 23.1 Å². The highest BCUT2D eigenvalue weighted by Gasteiger charge is 2.10. The fourth-order valence-electron chi connectivity index (χ4n) is 1.76. The molecule has 0 aliphatic carbocycles. The van der Waals surface area contributed by atoms with Crippen molar-refractivity contribution >= 4 is 40.3 Å². The minimum atomic E-state index is 0.603. The predicted octanol–water partition coefficient (Wildman–Crippen LogP) is 2.98. The number of aromatic nitrogens is 1. The van der Waals surface area contributed by atoms with E-state index in [0.29, 0.717) is 10.7 Å². The molecule has 0 aliphatic rings. The van der Waals surface area contributed by atoms with Crippen LogP contribution in [0, 0.1) is 0 Å². The van der Waals surface area contributed by atoms with E-state index in [1.807, 2.05) is 6.07 Å². The molecule has 0 spiro atoms. The first-order valence-corrected chi connectivity index (χ1v) is 5.16. The molecule has 1 aromatic carbocycles. The number of nitrogen functional groups attached to an aromatic ring is 1. The molecule has 0 radical (unpaired) electrons. The molecule has 2 aromatic rings. The van der Waals surface area contributed by atoms with Gasteiger partial charge in [0.25, 0.3) is 0 Å². The van der Waals surface area contributed by atoms with Gasteiger partial charge in [0.1, 0.15) is 0 Å². The van der Waals surface area contributed by atoms with Crippen molar-refractivity contribution in [2.45, 2.75) is 0 Å². The molecule has 0 saturated carbocycles. The zero-order valence-electron chi connectivity index (χ0n) is 8.63. The lowest BCUT2D eigenvalue weighted by Gasteiger charge is -1.98. The van der Waals surface area contributed by atoms with Crippen LogP contribution in [0.2, 0.25) is 5.02 Å². The van der Waals surface area contributed by atoms with Gasteiger partial charge < -0.3 is 16.5 Å². The molecular weight excluding hydrogens is 222 g/mol. The number of aromatic amines is 1. The highest BCUT2D eigenvalue weighted by molar-refractivity contribution is 6.32. The molecule has 0 fully saturated rings. The Bertz CT molecular complexity index is 581. The number of H-pyrrole nitrogens is 1. The number of halogens is 1. The molecule has 2 rings (SSSR count). The van der Waals surface area contributed by atoms with Crippen LogP contribution < -0.4 is 11.5 Å². The quantitative estimate of drug-likeness (QED) is 0.698. The first-order chi connectivity index (χ1) is 7.67. The third-order valence-electron chi connectivity index (χ3n) is 2.44. The first kappa shape index (κ1) is 10.6. The van der Waals surface area contributed by atoms with Crippen molar-refractivity contribution in [3.8, 4) is 0 Å². The maximum atomic E-state index is 5.97. The zero-order chi connectivity index (χ0) is 11.7. The fraction of sp³-hybridized carbons (Fsp3) is 0. The van der Waals surface area contributed by atoms with Crippen molar-refractivity contribution in [1.82, 2.24) is 4.98 Å². The van der Waals surface area contributed by atoms with Crippen molar-refractivity contribution in [1.29, 1.82) is 0 Å². The number of hydrogen-bond donors (Lipinski definition) is 3. The summed E-state index contributed by atoms with van der Waals surface area (Å²) in [4.78, 5) is 3.19. The average Bonchev–Trinajstić information content (AvgIpc) is 2.58. The summed E-state index contributed by atoms with van der Waals surface area (Å²) < 4.78 is 0. The number of nitrogens with one attached hydrogen (secondary N) is 1. The lowest BCUT2D eigenvalue weighted by Crippen LogP contribution is -1.86. The summed E-state index contributed by atoms with van der Waals surface area (Å²) in [6.45, 7) is 3.74. The SMILES string of the molecule is C=Cc1[nH]c2c(N)cc(Cl)cc2c1/C=C\N. The number of hydrogen-bond acceptors (Lipinski definition) is 2. The van der Waals surface area contributed by atoms with Gasteiger partial charge in [-0.3, -0.25) is 0 Å². The second-order valence-electron chi connectivity index (χ2n) is 3.43. The van der Waals surface area contributed by atoms with Crippen LogP contribution in [0.5, 0.6) is 0 Å². The predicted molar refractivity (Wildman–Crippen MR) is 71.0 cm³/mol. The smallest absolute Gasteiger partial charge is 0.0699 e. The average molecular weight is 234 g/mol. The summed E-state index contributed by atoms with van der Waals surface area (Å²) in [7, 11) is 0. The molecule has 0 saturated heterocycles. The zero-order valence-corrected chi connectivity index (χ0v) is 9.38. The topological polar surface area (TPSA) is 67.8 Å². The van der Waals surface area contributed by atoms with Crippen molar-refractivity contribution < 1.29 is 0 Å². The molecule has 0 aliphatic heterocycles. The van der Waals surface area contributed by atoms with Gasteiger partial charge in [0.15, 0.2) is 0 Å². The maximum absolute atomic E-state index is 5.97. The van der Waals surface area contributed by atoms with Crippen LogP contribution in [0.3, 0.4) is 0 Å². The molecule has 3 nitrogen and oxygen atoms in total. The third-order valence-corrected chi connectivity index (χ3v) is 2.66. The Hall–Kier alpha value is -1.87. The third kappa shape index (κ3) is 1.55. The van der Waals surface area contributed by atoms with Crippen LogP contribution >= 0.6 is 11.6 Å². The molecule has 0 bridgehead atoms. The van der Waals surface area contributed by atoms with Crippen LogP contribution in [-0.4, -0.2) is 4.98 Å². The van der Waals surface area contributed by atoms with Gasteiger partial charge in [0.05, 0.1) is 11.2 Å². The van der Waals surface area contributed by atoms with E-state index in [2.05, 4.69) is 11.6 Å². The van der Waals surface area contributed by atoms with E-state index in [0.717, 1.165) is 22.2 Å². The van der Waals surface area contributed by atoms with Gasteiger partial charge in [-0.15, -0.1) is 0 Å². The van der Waals surface area contributed by atoms with Crippen molar-refractivity contribution in [3.63, 3.8) is 0 Å². The Kier molecular flexibility index (Phi) is 2.62. The summed E-state index contributed by atoms with van der Waals surface area (Å²) in [6.07, 6.45) is 5.00. The van der Waals surface area contributed by atoms with E-state index in [1.54, 1.807) is 18.2 Å². The van der Waals surface area contributed by atoms with Crippen LogP contribution in [0.4, 0.5) is 5.69 Å². The lowest BCUT2D eigenvalue weighted by molar-refractivity contribution is 1.42. The second kappa shape index (κ2) is 3.94. The first-order valence-electron chi connectivity index (χ1n) is 4.78. The Morgan fingerprint density at radius 1 is 1.38 bits per heavy atom. The van der Waals surface area contributed by atoms with E-state index in [9.17, 15) is 0 Å². The largest absolute Gasteiger partial charge is 0.405 e. The van der Waals surface area contributed by atoms with Gasteiger partial charge in [-0.25, -0.2) is 0 Å². The van der Waals surface area contributed by atoms with Crippen LogP contribution in [0.1, 0.15) is 11.3 Å². The molecule has 0 atom stereocenters. The summed E-state index contributed by atoms with van der Waals surface area (Å²) in [5.41, 5.74) is 14.6. The molecule has 82 valence electrons. The van der Waals surface area contributed by atoms with Gasteiger partial charge in [-0.1, -0.05) is 18.2 Å². The Morgan fingerprint density at radius 2 is 2.12 bits per heavy atom. The van der Waals surface area contributed by atoms with Gasteiger partial charge in [0, 0.05) is 21.7 Å². The van der Waals surface area contributed by atoms with Crippen molar-refractivity contribution in [3.05, 3.63) is 41.2 Å². The monoisotopic (exact) mass is 233 g/mol. The molecule has 16 heavy (non-hydrogen) atoms. The molecule has 0 unspecified atom stereocenters. The summed E-state index contributed by atoms with van der Waals surface area (Å²) >= 11 is 5.97.